The van der Waals surface area contributed by atoms with E-state index in [2.05, 4.69) is 20.0 Å². The van der Waals surface area contributed by atoms with Crippen LogP contribution in [0.5, 0.6) is 11.6 Å². The SMILES string of the molecule is Clc1ccccc1SNc1ccc(Oc2ncccc2-c2ccnc(NC3CCCCC3)n2)cc1. The van der Waals surface area contributed by atoms with E-state index in [-0.39, 0.29) is 0 Å². The average molecular weight is 504 g/mol. The molecule has 1 saturated carbocycles. The second-order valence-electron chi connectivity index (χ2n) is 8.36. The quantitative estimate of drug-likeness (QED) is 0.237. The number of aromatic nitrogens is 3. The van der Waals surface area contributed by atoms with Gasteiger partial charge >= 0.3 is 0 Å². The lowest BCUT2D eigenvalue weighted by Crippen LogP contribution is -2.23. The molecule has 0 radical (unpaired) electrons. The molecule has 0 atom stereocenters. The Morgan fingerprint density at radius 2 is 1.69 bits per heavy atom. The van der Waals surface area contributed by atoms with Gasteiger partial charge < -0.3 is 14.8 Å². The maximum absolute atomic E-state index is 6.23. The smallest absolute Gasteiger partial charge is 0.228 e. The summed E-state index contributed by atoms with van der Waals surface area (Å²) in [6.07, 6.45) is 9.65. The molecule has 1 aliphatic carbocycles. The van der Waals surface area contributed by atoms with Gasteiger partial charge in [-0.2, -0.15) is 0 Å². The summed E-state index contributed by atoms with van der Waals surface area (Å²) in [5, 5.41) is 4.21. The summed E-state index contributed by atoms with van der Waals surface area (Å²) in [5.74, 6) is 1.84. The Balaban J connectivity index is 1.27. The second kappa shape index (κ2) is 11.4. The molecule has 0 bridgehead atoms. The first kappa shape index (κ1) is 23.5. The van der Waals surface area contributed by atoms with Gasteiger partial charge in [-0.15, -0.1) is 0 Å². The van der Waals surface area contributed by atoms with Crippen molar-refractivity contribution in [2.24, 2.45) is 0 Å². The van der Waals surface area contributed by atoms with Crippen molar-refractivity contribution in [3.63, 3.8) is 0 Å². The van der Waals surface area contributed by atoms with E-state index < -0.39 is 0 Å². The topological polar surface area (TPSA) is 72.0 Å². The Labute approximate surface area is 214 Å². The van der Waals surface area contributed by atoms with Crippen LogP contribution in [-0.2, 0) is 0 Å². The van der Waals surface area contributed by atoms with Crippen LogP contribution < -0.4 is 14.8 Å². The molecular weight excluding hydrogens is 478 g/mol. The number of rotatable bonds is 8. The number of benzene rings is 2. The average Bonchev–Trinajstić information content (AvgIpc) is 2.90. The van der Waals surface area contributed by atoms with Gasteiger partial charge in [0.2, 0.25) is 11.8 Å². The van der Waals surface area contributed by atoms with Gasteiger partial charge in [-0.1, -0.05) is 43.0 Å². The third kappa shape index (κ3) is 6.24. The number of nitrogens with zero attached hydrogens (tertiary/aromatic N) is 3. The highest BCUT2D eigenvalue weighted by Crippen LogP contribution is 2.32. The van der Waals surface area contributed by atoms with Crippen molar-refractivity contribution in [3.05, 3.63) is 84.1 Å². The molecular formula is C27H26ClN5OS. The molecule has 0 saturated heterocycles. The maximum Gasteiger partial charge on any atom is 0.228 e. The van der Waals surface area contributed by atoms with Crippen LogP contribution in [0.25, 0.3) is 11.3 Å². The molecule has 1 fully saturated rings. The van der Waals surface area contributed by atoms with Gasteiger partial charge in [0.25, 0.3) is 0 Å². The van der Waals surface area contributed by atoms with E-state index in [1.54, 1.807) is 12.4 Å². The summed E-state index contributed by atoms with van der Waals surface area (Å²) >= 11 is 7.70. The van der Waals surface area contributed by atoms with Crippen molar-refractivity contribution < 1.29 is 4.74 Å². The van der Waals surface area contributed by atoms with Gasteiger partial charge in [-0.05, 0) is 79.4 Å². The third-order valence-corrected chi connectivity index (χ3v) is 7.18. The molecule has 0 aliphatic heterocycles. The minimum Gasteiger partial charge on any atom is -0.438 e. The lowest BCUT2D eigenvalue weighted by atomic mass is 9.96. The van der Waals surface area contributed by atoms with Crippen LogP contribution in [-0.4, -0.2) is 21.0 Å². The summed E-state index contributed by atoms with van der Waals surface area (Å²) in [4.78, 5) is 14.6. The van der Waals surface area contributed by atoms with Crippen molar-refractivity contribution in [1.82, 2.24) is 15.0 Å². The molecule has 8 heteroatoms. The fourth-order valence-corrected chi connectivity index (χ4v) is 4.95. The van der Waals surface area contributed by atoms with Gasteiger partial charge in [-0.3, -0.25) is 0 Å². The summed E-state index contributed by atoms with van der Waals surface area (Å²) in [7, 11) is 0. The minimum absolute atomic E-state index is 0.437. The zero-order valence-corrected chi connectivity index (χ0v) is 20.7. The monoisotopic (exact) mass is 503 g/mol. The Kier molecular flexibility index (Phi) is 7.66. The molecule has 35 heavy (non-hydrogen) atoms. The van der Waals surface area contributed by atoms with Gasteiger partial charge in [0.15, 0.2) is 0 Å². The van der Waals surface area contributed by atoms with Crippen LogP contribution in [0.4, 0.5) is 11.6 Å². The largest absolute Gasteiger partial charge is 0.438 e. The number of anilines is 2. The van der Waals surface area contributed by atoms with E-state index in [1.807, 2.05) is 66.7 Å². The van der Waals surface area contributed by atoms with Crippen LogP contribution in [0, 0.1) is 0 Å². The molecule has 2 aromatic heterocycles. The van der Waals surface area contributed by atoms with Crippen molar-refractivity contribution >= 4 is 35.2 Å². The Morgan fingerprint density at radius 3 is 2.51 bits per heavy atom. The summed E-state index contributed by atoms with van der Waals surface area (Å²) in [6.45, 7) is 0. The highest BCUT2D eigenvalue weighted by atomic mass is 35.5. The lowest BCUT2D eigenvalue weighted by Gasteiger charge is -2.22. The van der Waals surface area contributed by atoms with E-state index in [4.69, 9.17) is 21.3 Å². The van der Waals surface area contributed by atoms with Crippen LogP contribution in [0.2, 0.25) is 5.02 Å². The number of hydrogen-bond acceptors (Lipinski definition) is 7. The molecule has 0 unspecified atom stereocenters. The predicted molar refractivity (Wildman–Crippen MR) is 143 cm³/mol. The lowest BCUT2D eigenvalue weighted by molar-refractivity contribution is 0.460. The highest BCUT2D eigenvalue weighted by Gasteiger charge is 2.16. The summed E-state index contributed by atoms with van der Waals surface area (Å²) < 4.78 is 9.45. The van der Waals surface area contributed by atoms with Crippen LogP contribution in [0.15, 0.2) is 84.0 Å². The second-order valence-corrected chi connectivity index (χ2v) is 9.62. The number of pyridine rings is 1. The molecule has 5 rings (SSSR count). The molecule has 6 nitrogen and oxygen atoms in total. The predicted octanol–water partition coefficient (Wildman–Crippen LogP) is 7.85. The van der Waals surface area contributed by atoms with E-state index in [0.29, 0.717) is 23.6 Å². The summed E-state index contributed by atoms with van der Waals surface area (Å²) in [5.41, 5.74) is 2.53. The first-order valence-electron chi connectivity index (χ1n) is 11.7. The van der Waals surface area contributed by atoms with Crippen molar-refractivity contribution in [1.29, 1.82) is 0 Å². The first-order chi connectivity index (χ1) is 17.2. The molecule has 4 aromatic rings. The van der Waals surface area contributed by atoms with Crippen LogP contribution in [0.1, 0.15) is 32.1 Å². The third-order valence-electron chi connectivity index (χ3n) is 5.83. The number of hydrogen-bond donors (Lipinski definition) is 2. The fraction of sp³-hybridized carbons (Fsp3) is 0.222. The number of nitrogens with one attached hydrogen (secondary N) is 2. The Hall–Kier alpha value is -3.29. The molecule has 2 N–H and O–H groups in total. The Bertz CT molecular complexity index is 1260. The fourth-order valence-electron chi connectivity index (χ4n) is 4.02. The van der Waals surface area contributed by atoms with Crippen LogP contribution >= 0.6 is 23.5 Å². The molecule has 0 amide bonds. The van der Waals surface area contributed by atoms with Gasteiger partial charge in [-0.25, -0.2) is 15.0 Å². The van der Waals surface area contributed by atoms with Gasteiger partial charge in [0.1, 0.15) is 5.75 Å². The van der Waals surface area contributed by atoms with Crippen molar-refractivity contribution in [3.8, 4) is 22.9 Å². The molecule has 2 aromatic carbocycles. The van der Waals surface area contributed by atoms with Crippen molar-refractivity contribution in [2.75, 3.05) is 10.0 Å². The maximum atomic E-state index is 6.23. The summed E-state index contributed by atoms with van der Waals surface area (Å²) in [6, 6.07) is 21.6. The van der Waals surface area contributed by atoms with Crippen LogP contribution in [0.3, 0.4) is 0 Å². The zero-order chi connectivity index (χ0) is 23.9. The zero-order valence-electron chi connectivity index (χ0n) is 19.2. The van der Waals surface area contributed by atoms with Gasteiger partial charge in [0.05, 0.1) is 16.3 Å². The standard InChI is InChI=1S/C27H26ClN5OS/c28-23-10-4-5-11-25(23)35-33-20-12-14-21(15-13-20)34-26-22(9-6-17-29-26)24-16-18-30-27(32-24)31-19-7-2-1-3-8-19/h4-6,9-19,33H,1-3,7-8H2,(H,30,31,32). The van der Waals surface area contributed by atoms with E-state index >= 15 is 0 Å². The van der Waals surface area contributed by atoms with E-state index in [1.165, 1.54) is 31.2 Å². The number of halogens is 1. The highest BCUT2D eigenvalue weighted by molar-refractivity contribution is 8.00. The number of ether oxygens (including phenoxy) is 1. The first-order valence-corrected chi connectivity index (χ1v) is 12.9. The van der Waals surface area contributed by atoms with E-state index in [9.17, 15) is 0 Å². The normalized spacial score (nSPS) is 13.9. The Morgan fingerprint density at radius 1 is 0.857 bits per heavy atom. The van der Waals surface area contributed by atoms with E-state index in [0.717, 1.165) is 39.7 Å². The van der Waals surface area contributed by atoms with Crippen molar-refractivity contribution in [2.45, 2.75) is 43.0 Å². The van der Waals surface area contributed by atoms with Gasteiger partial charge in [0, 0.05) is 29.0 Å². The molecule has 2 heterocycles. The molecule has 1 aliphatic rings. The molecule has 0 spiro atoms. The minimum atomic E-state index is 0.437. The molecule has 178 valence electrons.